The van der Waals surface area contributed by atoms with Gasteiger partial charge in [-0.3, -0.25) is 0 Å². The number of hydrogen-bond acceptors (Lipinski definition) is 4. The zero-order chi connectivity index (χ0) is 38.6. The summed E-state index contributed by atoms with van der Waals surface area (Å²) in [5.41, 5.74) is 14.0. The average molecular weight is 730 g/mol. The molecule has 0 bridgehead atoms. The molecule has 0 N–H and O–H groups in total. The summed E-state index contributed by atoms with van der Waals surface area (Å²) in [6.45, 7) is 2.31. The average Bonchev–Trinajstić information content (AvgIpc) is 3.78. The summed E-state index contributed by atoms with van der Waals surface area (Å²) in [6.07, 6.45) is 13.8. The Labute approximate surface area is 331 Å². The van der Waals surface area contributed by atoms with Crippen molar-refractivity contribution in [2.75, 3.05) is 4.90 Å². The van der Waals surface area contributed by atoms with E-state index in [1.165, 1.54) is 22.3 Å². The van der Waals surface area contributed by atoms with Gasteiger partial charge in [-0.05, 0) is 88.4 Å². The van der Waals surface area contributed by atoms with Crippen molar-refractivity contribution in [3.63, 3.8) is 0 Å². The van der Waals surface area contributed by atoms with E-state index in [1.54, 1.807) is 0 Å². The van der Waals surface area contributed by atoms with Gasteiger partial charge in [-0.1, -0.05) is 122 Å². The van der Waals surface area contributed by atoms with Crippen molar-refractivity contribution in [2.24, 2.45) is 5.92 Å². The second kappa shape index (κ2) is 13.6. The van der Waals surface area contributed by atoms with Gasteiger partial charge in [0.05, 0.1) is 51.6 Å². The predicted molar refractivity (Wildman–Crippen MR) is 228 cm³/mol. The van der Waals surface area contributed by atoms with E-state index in [1.807, 2.05) is 60.7 Å². The van der Waals surface area contributed by atoms with Gasteiger partial charge in [0.2, 0.25) is 0 Å². The van der Waals surface area contributed by atoms with Crippen molar-refractivity contribution in [3.05, 3.63) is 209 Å². The van der Waals surface area contributed by atoms with Crippen LogP contribution in [0.3, 0.4) is 0 Å². The Morgan fingerprint density at radius 3 is 2.19 bits per heavy atom. The van der Waals surface area contributed by atoms with Crippen LogP contribution in [0.5, 0.6) is 0 Å². The minimum atomic E-state index is 0.0455. The van der Waals surface area contributed by atoms with Gasteiger partial charge in [0, 0.05) is 39.5 Å². The molecule has 1 aromatic heterocycles. The highest BCUT2D eigenvalue weighted by atomic mass is 15.2. The first-order valence-corrected chi connectivity index (χ1v) is 19.3. The van der Waals surface area contributed by atoms with E-state index in [4.69, 9.17) is 0 Å². The molecule has 268 valence electrons. The number of nitriles is 3. The number of rotatable bonds is 5. The molecule has 7 aromatic rings. The van der Waals surface area contributed by atoms with Gasteiger partial charge in [0.1, 0.15) is 6.07 Å². The number of aromatic nitrogens is 1. The van der Waals surface area contributed by atoms with Crippen molar-refractivity contribution in [1.29, 1.82) is 15.8 Å². The number of fused-ring (bicyclic) bond motifs is 6. The summed E-state index contributed by atoms with van der Waals surface area (Å²) in [7, 11) is 0. The summed E-state index contributed by atoms with van der Waals surface area (Å²) in [6, 6.07) is 52.4. The summed E-state index contributed by atoms with van der Waals surface area (Å²) < 4.78 is 2.25. The van der Waals surface area contributed by atoms with Crippen molar-refractivity contribution in [3.8, 4) is 35.0 Å². The molecule has 4 unspecified atom stereocenters. The van der Waals surface area contributed by atoms with Gasteiger partial charge in [0.25, 0.3) is 0 Å². The molecule has 5 nitrogen and oxygen atoms in total. The molecule has 2 heterocycles. The standard InChI is InChI=1S/C52H35N5/c1-33-11-8-18-39(36-24-26-50-46(29-36)41-16-5-7-22-48(41)57(50)47-21-6-2-13-37(47)32-55)51(33)42-17-4-3-15-40(42)43-19-10-20-44-45-28-35(31-54)23-25-49(45)56(52(43)44)38-14-9-12-34(27-38)30-53/h2-29,33,46,50-51H,1H3. The van der Waals surface area contributed by atoms with E-state index in [9.17, 15) is 15.8 Å². The number of benzene rings is 6. The minimum absolute atomic E-state index is 0.0455. The Morgan fingerprint density at radius 2 is 1.35 bits per heavy atom. The number of para-hydroxylation sites is 3. The highest BCUT2D eigenvalue weighted by Gasteiger charge is 2.40. The Kier molecular flexibility index (Phi) is 8.07. The van der Waals surface area contributed by atoms with E-state index in [2.05, 4.69) is 144 Å². The van der Waals surface area contributed by atoms with Crippen molar-refractivity contribution in [1.82, 2.24) is 4.57 Å². The lowest BCUT2D eigenvalue weighted by atomic mass is 9.72. The highest BCUT2D eigenvalue weighted by Crippen LogP contribution is 2.52. The highest BCUT2D eigenvalue weighted by molar-refractivity contribution is 6.14. The summed E-state index contributed by atoms with van der Waals surface area (Å²) in [5.74, 6) is 0.382. The van der Waals surface area contributed by atoms with Gasteiger partial charge in [0.15, 0.2) is 0 Å². The minimum Gasteiger partial charge on any atom is -0.332 e. The van der Waals surface area contributed by atoms with Crippen LogP contribution in [0.2, 0.25) is 0 Å². The maximum Gasteiger partial charge on any atom is 0.101 e. The molecule has 6 aromatic carbocycles. The molecule has 0 fully saturated rings. The number of allylic oxidation sites excluding steroid dienone is 6. The van der Waals surface area contributed by atoms with Crippen LogP contribution in [-0.4, -0.2) is 10.6 Å². The third kappa shape index (κ3) is 5.35. The number of anilines is 2. The molecule has 2 aliphatic carbocycles. The number of nitrogens with zero attached hydrogens (tertiary/aromatic N) is 5. The Hall–Kier alpha value is -7.65. The van der Waals surface area contributed by atoms with Crippen LogP contribution < -0.4 is 4.90 Å². The van der Waals surface area contributed by atoms with E-state index in [-0.39, 0.29) is 23.8 Å². The van der Waals surface area contributed by atoms with Gasteiger partial charge in [-0.2, -0.15) is 15.8 Å². The predicted octanol–water partition coefficient (Wildman–Crippen LogP) is 12.1. The molecule has 0 saturated carbocycles. The van der Waals surface area contributed by atoms with Crippen LogP contribution in [0.1, 0.15) is 46.6 Å². The third-order valence-electron chi connectivity index (χ3n) is 12.0. The summed E-state index contributed by atoms with van der Waals surface area (Å²) >= 11 is 0. The molecule has 1 aliphatic heterocycles. The Balaban J connectivity index is 1.13. The van der Waals surface area contributed by atoms with Crippen LogP contribution in [0.4, 0.5) is 11.4 Å². The van der Waals surface area contributed by atoms with E-state index in [0.29, 0.717) is 16.7 Å². The molecule has 10 rings (SSSR count). The van der Waals surface area contributed by atoms with Crippen molar-refractivity contribution in [2.45, 2.75) is 24.8 Å². The monoisotopic (exact) mass is 729 g/mol. The third-order valence-corrected chi connectivity index (χ3v) is 12.0. The molecule has 0 spiro atoms. The second-order valence-electron chi connectivity index (χ2n) is 15.0. The Morgan fingerprint density at radius 1 is 0.614 bits per heavy atom. The fraction of sp³-hybridized carbons (Fsp3) is 0.0962. The van der Waals surface area contributed by atoms with Crippen molar-refractivity contribution < 1.29 is 0 Å². The molecule has 5 heteroatoms. The number of hydrogen-bond donors (Lipinski definition) is 0. The smallest absolute Gasteiger partial charge is 0.101 e. The first-order valence-electron chi connectivity index (χ1n) is 19.3. The quantitative estimate of drug-likeness (QED) is 0.177. The normalized spacial score (nSPS) is 19.3. The van der Waals surface area contributed by atoms with Crippen LogP contribution in [-0.2, 0) is 0 Å². The molecular formula is C52H35N5. The molecule has 57 heavy (non-hydrogen) atoms. The van der Waals surface area contributed by atoms with E-state index >= 15 is 0 Å². The lowest BCUT2D eigenvalue weighted by molar-refractivity contribution is 0.611. The molecular weight excluding hydrogens is 695 g/mol. The summed E-state index contributed by atoms with van der Waals surface area (Å²) in [5, 5.41) is 31.9. The fourth-order valence-corrected chi connectivity index (χ4v) is 9.51. The molecule has 0 amide bonds. The maximum absolute atomic E-state index is 10.1. The SMILES string of the molecule is CC1C=CC=C(C2=CC3c4ccccc4N(c4ccccc4C#N)C3C=C2)C1c1ccccc1-c1cccc2c3cc(C#N)ccc3n(-c3cccc(C#N)c3)c12. The van der Waals surface area contributed by atoms with Gasteiger partial charge >= 0.3 is 0 Å². The molecule has 4 atom stereocenters. The van der Waals surface area contributed by atoms with E-state index in [0.717, 1.165) is 50.0 Å². The van der Waals surface area contributed by atoms with E-state index < -0.39 is 0 Å². The van der Waals surface area contributed by atoms with Gasteiger partial charge in [-0.25, -0.2) is 0 Å². The molecule has 0 saturated heterocycles. The van der Waals surface area contributed by atoms with Crippen LogP contribution in [0, 0.1) is 39.9 Å². The second-order valence-corrected chi connectivity index (χ2v) is 15.0. The molecule has 3 aliphatic rings. The lowest BCUT2D eigenvalue weighted by Crippen LogP contribution is -2.30. The topological polar surface area (TPSA) is 79.5 Å². The van der Waals surface area contributed by atoms with Gasteiger partial charge < -0.3 is 9.47 Å². The van der Waals surface area contributed by atoms with Crippen LogP contribution in [0.25, 0.3) is 38.6 Å². The Bertz CT molecular complexity index is 3060. The zero-order valence-corrected chi connectivity index (χ0v) is 31.2. The summed E-state index contributed by atoms with van der Waals surface area (Å²) in [4.78, 5) is 2.33. The van der Waals surface area contributed by atoms with Crippen LogP contribution in [0.15, 0.2) is 181 Å². The fourth-order valence-electron chi connectivity index (χ4n) is 9.51. The van der Waals surface area contributed by atoms with Crippen molar-refractivity contribution >= 4 is 33.2 Å². The molecule has 0 radical (unpaired) electrons. The largest absolute Gasteiger partial charge is 0.332 e. The van der Waals surface area contributed by atoms with Crippen LogP contribution >= 0.6 is 0 Å². The first kappa shape index (κ1) is 33.9. The lowest BCUT2D eigenvalue weighted by Gasteiger charge is -2.34. The van der Waals surface area contributed by atoms with Gasteiger partial charge in [-0.15, -0.1) is 0 Å². The maximum atomic E-state index is 10.1. The zero-order valence-electron chi connectivity index (χ0n) is 31.2. The first-order chi connectivity index (χ1) is 28.1.